The second-order valence-electron chi connectivity index (χ2n) is 4.13. The number of halogens is 1. The highest BCUT2D eigenvalue weighted by molar-refractivity contribution is 6.25. The molecule has 0 fully saturated rings. The Kier molecular flexibility index (Phi) is 7.72. The molecule has 0 heterocycles. The second kappa shape index (κ2) is 9.23. The van der Waals surface area contributed by atoms with Crippen molar-refractivity contribution in [3.63, 3.8) is 0 Å². The van der Waals surface area contributed by atoms with Gasteiger partial charge in [-0.2, -0.15) is 0 Å². The summed E-state index contributed by atoms with van der Waals surface area (Å²) in [5.41, 5.74) is 2.75. The summed E-state index contributed by atoms with van der Waals surface area (Å²) in [6.07, 6.45) is 1.89. The summed E-state index contributed by atoms with van der Waals surface area (Å²) in [5, 5.41) is 3.28. The molecule has 0 aliphatic carbocycles. The van der Waals surface area contributed by atoms with Crippen LogP contribution in [0, 0.1) is 5.92 Å². The summed E-state index contributed by atoms with van der Waals surface area (Å²) in [4.78, 5) is 0. The van der Waals surface area contributed by atoms with Crippen molar-refractivity contribution >= 4 is 11.6 Å². The Morgan fingerprint density at radius 3 is 2.82 bits per heavy atom. The van der Waals surface area contributed by atoms with Gasteiger partial charge in [-0.05, 0) is 11.5 Å². The standard InChI is InChI=1S/C14H20ClNO/c1-13(10-16-9-5-8-15)11-17-12-14-6-3-2-4-7-14/h2-8,13,16H,9-12H2,1H3/b8-5+. The zero-order valence-electron chi connectivity index (χ0n) is 10.2. The molecule has 1 rings (SSSR count). The first-order valence-electron chi connectivity index (χ1n) is 5.90. The maximum Gasteiger partial charge on any atom is 0.0717 e. The van der Waals surface area contributed by atoms with Crippen molar-refractivity contribution in [2.75, 3.05) is 19.7 Å². The topological polar surface area (TPSA) is 21.3 Å². The minimum atomic E-state index is 0.502. The van der Waals surface area contributed by atoms with E-state index in [2.05, 4.69) is 24.4 Å². The molecule has 1 aromatic rings. The van der Waals surface area contributed by atoms with Gasteiger partial charge in [0.15, 0.2) is 0 Å². The van der Waals surface area contributed by atoms with Gasteiger partial charge in [-0.25, -0.2) is 0 Å². The van der Waals surface area contributed by atoms with Crippen molar-refractivity contribution in [2.45, 2.75) is 13.5 Å². The van der Waals surface area contributed by atoms with Crippen LogP contribution in [0.1, 0.15) is 12.5 Å². The van der Waals surface area contributed by atoms with Crippen molar-refractivity contribution < 1.29 is 4.74 Å². The van der Waals surface area contributed by atoms with E-state index in [1.54, 1.807) is 0 Å². The summed E-state index contributed by atoms with van der Waals surface area (Å²) in [6.45, 7) is 5.38. The van der Waals surface area contributed by atoms with E-state index in [1.807, 2.05) is 24.3 Å². The van der Waals surface area contributed by atoms with Crippen LogP contribution in [-0.4, -0.2) is 19.7 Å². The molecule has 3 heteroatoms. The average molecular weight is 254 g/mol. The smallest absolute Gasteiger partial charge is 0.0717 e. The fraction of sp³-hybridized carbons (Fsp3) is 0.429. The molecule has 0 bridgehead atoms. The van der Waals surface area contributed by atoms with Crippen molar-refractivity contribution in [3.8, 4) is 0 Å². The summed E-state index contributed by atoms with van der Waals surface area (Å²) >= 11 is 5.42. The van der Waals surface area contributed by atoms with E-state index in [4.69, 9.17) is 16.3 Å². The van der Waals surface area contributed by atoms with Crippen molar-refractivity contribution in [1.29, 1.82) is 0 Å². The lowest BCUT2D eigenvalue weighted by atomic mass is 10.2. The maximum atomic E-state index is 5.65. The van der Waals surface area contributed by atoms with Crippen LogP contribution >= 0.6 is 11.6 Å². The molecule has 0 aliphatic heterocycles. The molecule has 2 nitrogen and oxygen atoms in total. The summed E-state index contributed by atoms with van der Waals surface area (Å²) in [7, 11) is 0. The molecule has 0 radical (unpaired) electrons. The number of nitrogens with one attached hydrogen (secondary N) is 1. The molecule has 0 saturated heterocycles. The zero-order chi connectivity index (χ0) is 12.3. The van der Waals surface area contributed by atoms with Crippen LogP contribution in [0.4, 0.5) is 0 Å². The van der Waals surface area contributed by atoms with Gasteiger partial charge in [-0.15, -0.1) is 0 Å². The Balaban J connectivity index is 2.06. The number of rotatable bonds is 8. The Hall–Kier alpha value is -0.830. The van der Waals surface area contributed by atoms with Crippen LogP contribution in [0.15, 0.2) is 41.9 Å². The van der Waals surface area contributed by atoms with Crippen LogP contribution in [0.2, 0.25) is 0 Å². The van der Waals surface area contributed by atoms with Crippen molar-refractivity contribution in [1.82, 2.24) is 5.32 Å². The normalized spacial score (nSPS) is 13.1. The zero-order valence-corrected chi connectivity index (χ0v) is 11.0. The molecule has 0 spiro atoms. The molecule has 1 N–H and O–H groups in total. The lowest BCUT2D eigenvalue weighted by molar-refractivity contribution is 0.0921. The van der Waals surface area contributed by atoms with Crippen LogP contribution < -0.4 is 5.32 Å². The van der Waals surface area contributed by atoms with E-state index < -0.39 is 0 Å². The molecule has 1 unspecified atom stereocenters. The lowest BCUT2D eigenvalue weighted by Gasteiger charge is -2.12. The predicted octanol–water partition coefficient (Wildman–Crippen LogP) is 3.18. The van der Waals surface area contributed by atoms with E-state index in [0.717, 1.165) is 19.7 Å². The summed E-state index contributed by atoms with van der Waals surface area (Å²) in [5.74, 6) is 0.502. The highest BCUT2D eigenvalue weighted by atomic mass is 35.5. The van der Waals surface area contributed by atoms with Gasteiger partial charge in [-0.3, -0.25) is 0 Å². The molecule has 94 valence electrons. The Morgan fingerprint density at radius 2 is 2.12 bits per heavy atom. The third kappa shape index (κ3) is 7.16. The average Bonchev–Trinajstić information content (AvgIpc) is 2.36. The van der Waals surface area contributed by atoms with Crippen LogP contribution in [0.3, 0.4) is 0 Å². The van der Waals surface area contributed by atoms with Gasteiger partial charge in [0.2, 0.25) is 0 Å². The van der Waals surface area contributed by atoms with E-state index >= 15 is 0 Å². The minimum absolute atomic E-state index is 0.502. The number of ether oxygens (including phenoxy) is 1. The molecule has 1 aromatic carbocycles. The fourth-order valence-electron chi connectivity index (χ4n) is 1.47. The van der Waals surface area contributed by atoms with Crippen LogP contribution in [0.5, 0.6) is 0 Å². The first kappa shape index (κ1) is 14.2. The van der Waals surface area contributed by atoms with Gasteiger partial charge in [0.25, 0.3) is 0 Å². The fourth-order valence-corrected chi connectivity index (χ4v) is 1.56. The summed E-state index contributed by atoms with van der Waals surface area (Å²) in [6, 6.07) is 10.2. The highest BCUT2D eigenvalue weighted by Gasteiger charge is 2.01. The quantitative estimate of drug-likeness (QED) is 0.719. The second-order valence-corrected chi connectivity index (χ2v) is 4.38. The van der Waals surface area contributed by atoms with E-state index in [1.165, 1.54) is 11.1 Å². The molecular formula is C14H20ClNO. The Bertz CT molecular complexity index is 313. The molecule has 0 aliphatic rings. The van der Waals surface area contributed by atoms with E-state index in [0.29, 0.717) is 12.5 Å². The van der Waals surface area contributed by atoms with Gasteiger partial charge in [0.05, 0.1) is 13.2 Å². The SMILES string of the molecule is CC(CNC/C=C/Cl)COCc1ccccc1. The Labute approximate surface area is 109 Å². The van der Waals surface area contributed by atoms with Crippen LogP contribution in [-0.2, 0) is 11.3 Å². The third-order valence-corrected chi connectivity index (χ3v) is 2.54. The highest BCUT2D eigenvalue weighted by Crippen LogP contribution is 2.02. The van der Waals surface area contributed by atoms with Gasteiger partial charge in [-0.1, -0.05) is 54.9 Å². The van der Waals surface area contributed by atoms with Gasteiger partial charge in [0.1, 0.15) is 0 Å². The monoisotopic (exact) mass is 253 g/mol. The predicted molar refractivity (Wildman–Crippen MR) is 73.1 cm³/mol. The number of hydrogen-bond donors (Lipinski definition) is 1. The third-order valence-electron chi connectivity index (χ3n) is 2.36. The first-order valence-corrected chi connectivity index (χ1v) is 6.34. The van der Waals surface area contributed by atoms with E-state index in [-0.39, 0.29) is 0 Å². The molecule has 0 aromatic heterocycles. The minimum Gasteiger partial charge on any atom is -0.376 e. The maximum absolute atomic E-state index is 5.65. The summed E-state index contributed by atoms with van der Waals surface area (Å²) < 4.78 is 5.65. The van der Waals surface area contributed by atoms with Crippen molar-refractivity contribution in [2.24, 2.45) is 5.92 Å². The van der Waals surface area contributed by atoms with Crippen LogP contribution in [0.25, 0.3) is 0 Å². The molecule has 1 atom stereocenters. The first-order chi connectivity index (χ1) is 8.33. The van der Waals surface area contributed by atoms with E-state index in [9.17, 15) is 0 Å². The molecule has 0 saturated carbocycles. The van der Waals surface area contributed by atoms with Gasteiger partial charge < -0.3 is 10.1 Å². The number of benzene rings is 1. The number of hydrogen-bond acceptors (Lipinski definition) is 2. The molecule has 0 amide bonds. The van der Waals surface area contributed by atoms with Crippen molar-refractivity contribution in [3.05, 3.63) is 47.5 Å². The molecular weight excluding hydrogens is 234 g/mol. The lowest BCUT2D eigenvalue weighted by Crippen LogP contribution is -2.24. The Morgan fingerprint density at radius 1 is 1.35 bits per heavy atom. The largest absolute Gasteiger partial charge is 0.376 e. The van der Waals surface area contributed by atoms with Gasteiger partial charge >= 0.3 is 0 Å². The van der Waals surface area contributed by atoms with Gasteiger partial charge in [0, 0.05) is 18.6 Å². The molecule has 17 heavy (non-hydrogen) atoms.